The van der Waals surface area contributed by atoms with E-state index in [0.29, 0.717) is 29.0 Å². The van der Waals surface area contributed by atoms with Gasteiger partial charge in [0.25, 0.3) is 15.0 Å². The van der Waals surface area contributed by atoms with E-state index in [9.17, 15) is 13.2 Å². The number of hydrogen-bond acceptors (Lipinski definition) is 3. The van der Waals surface area contributed by atoms with Gasteiger partial charge >= 0.3 is 0 Å². The van der Waals surface area contributed by atoms with Crippen molar-refractivity contribution in [1.82, 2.24) is 4.90 Å². The fraction of sp³-hybridized carbons (Fsp3) is 0.462. The highest BCUT2D eigenvalue weighted by Gasteiger charge is 2.24. The zero-order chi connectivity index (χ0) is 14.9. The molecule has 1 fully saturated rings. The van der Waals surface area contributed by atoms with Gasteiger partial charge < -0.3 is 4.90 Å². The third-order valence-corrected chi connectivity index (χ3v) is 5.56. The highest BCUT2D eigenvalue weighted by molar-refractivity contribution is 9.10. The van der Waals surface area contributed by atoms with Gasteiger partial charge in [-0.2, -0.15) is 0 Å². The SMILES string of the molecule is CC1CCN(C(=O)c2cc(S(=O)(=O)Cl)ccc2Br)CC1. The van der Waals surface area contributed by atoms with Crippen molar-refractivity contribution in [3.05, 3.63) is 28.2 Å². The third-order valence-electron chi connectivity index (χ3n) is 3.52. The number of nitrogens with zero attached hydrogens (tertiary/aromatic N) is 1. The number of hydrogen-bond donors (Lipinski definition) is 0. The largest absolute Gasteiger partial charge is 0.339 e. The van der Waals surface area contributed by atoms with Gasteiger partial charge in [0.2, 0.25) is 0 Å². The Morgan fingerprint density at radius 1 is 1.35 bits per heavy atom. The lowest BCUT2D eigenvalue weighted by atomic mass is 9.98. The van der Waals surface area contributed by atoms with Gasteiger partial charge in [-0.3, -0.25) is 4.79 Å². The molecule has 1 aromatic carbocycles. The van der Waals surface area contributed by atoms with Gasteiger partial charge in [-0.05, 0) is 52.9 Å². The molecular weight excluding hydrogens is 366 g/mol. The number of piperidine rings is 1. The van der Waals surface area contributed by atoms with Gasteiger partial charge in [0, 0.05) is 28.2 Å². The Kier molecular flexibility index (Phi) is 4.76. The molecule has 1 heterocycles. The zero-order valence-electron chi connectivity index (χ0n) is 11.0. The van der Waals surface area contributed by atoms with Crippen molar-refractivity contribution < 1.29 is 13.2 Å². The summed E-state index contributed by atoms with van der Waals surface area (Å²) >= 11 is 3.29. The molecule has 1 saturated heterocycles. The Bertz CT molecular complexity index is 625. The molecular formula is C13H15BrClNO3S. The predicted molar refractivity (Wildman–Crippen MR) is 81.5 cm³/mol. The number of halogens is 2. The molecule has 1 amide bonds. The fourth-order valence-electron chi connectivity index (χ4n) is 2.20. The van der Waals surface area contributed by atoms with Crippen LogP contribution in [0.15, 0.2) is 27.6 Å². The van der Waals surface area contributed by atoms with E-state index in [4.69, 9.17) is 10.7 Å². The van der Waals surface area contributed by atoms with E-state index in [-0.39, 0.29) is 10.8 Å². The van der Waals surface area contributed by atoms with Crippen LogP contribution in [0.4, 0.5) is 0 Å². The molecule has 1 aromatic rings. The smallest absolute Gasteiger partial charge is 0.261 e. The molecule has 0 bridgehead atoms. The molecule has 0 aliphatic carbocycles. The summed E-state index contributed by atoms with van der Waals surface area (Å²) in [6.07, 6.45) is 1.94. The number of carbonyl (C=O) groups excluding carboxylic acids is 1. The van der Waals surface area contributed by atoms with Gasteiger partial charge in [-0.15, -0.1) is 0 Å². The van der Waals surface area contributed by atoms with Gasteiger partial charge in [0.1, 0.15) is 0 Å². The van der Waals surface area contributed by atoms with Crippen LogP contribution in [0, 0.1) is 5.92 Å². The number of amides is 1. The minimum atomic E-state index is -3.83. The van der Waals surface area contributed by atoms with E-state index in [2.05, 4.69) is 22.9 Å². The van der Waals surface area contributed by atoms with Gasteiger partial charge in [0.15, 0.2) is 0 Å². The van der Waals surface area contributed by atoms with Crippen molar-refractivity contribution >= 4 is 41.6 Å². The molecule has 0 atom stereocenters. The Balaban J connectivity index is 2.30. The summed E-state index contributed by atoms with van der Waals surface area (Å²) in [5.41, 5.74) is 0.335. The van der Waals surface area contributed by atoms with E-state index in [1.54, 1.807) is 4.90 Å². The van der Waals surface area contributed by atoms with Gasteiger partial charge in [0.05, 0.1) is 10.5 Å². The average Bonchev–Trinajstić information content (AvgIpc) is 2.38. The lowest BCUT2D eigenvalue weighted by Crippen LogP contribution is -2.38. The molecule has 20 heavy (non-hydrogen) atoms. The first-order valence-electron chi connectivity index (χ1n) is 6.32. The molecule has 1 aliphatic heterocycles. The van der Waals surface area contributed by atoms with E-state index < -0.39 is 9.05 Å². The van der Waals surface area contributed by atoms with Crippen LogP contribution >= 0.6 is 26.6 Å². The van der Waals surface area contributed by atoms with Crippen LogP contribution in [0.3, 0.4) is 0 Å². The third kappa shape index (κ3) is 3.54. The maximum Gasteiger partial charge on any atom is 0.261 e. The summed E-state index contributed by atoms with van der Waals surface area (Å²) in [5.74, 6) is 0.461. The molecule has 110 valence electrons. The molecule has 0 unspecified atom stereocenters. The highest BCUT2D eigenvalue weighted by atomic mass is 79.9. The molecule has 0 saturated carbocycles. The van der Waals surface area contributed by atoms with Crippen molar-refractivity contribution in [2.45, 2.75) is 24.7 Å². The minimum absolute atomic E-state index is 0.0592. The van der Waals surface area contributed by atoms with Crippen molar-refractivity contribution in [3.8, 4) is 0 Å². The van der Waals surface area contributed by atoms with Crippen LogP contribution in [-0.4, -0.2) is 32.3 Å². The Morgan fingerprint density at radius 3 is 2.50 bits per heavy atom. The van der Waals surface area contributed by atoms with Crippen LogP contribution in [0.5, 0.6) is 0 Å². The van der Waals surface area contributed by atoms with Gasteiger partial charge in [-0.1, -0.05) is 6.92 Å². The summed E-state index contributed by atoms with van der Waals surface area (Å²) in [5, 5.41) is 0. The molecule has 1 aliphatic rings. The zero-order valence-corrected chi connectivity index (χ0v) is 14.1. The quantitative estimate of drug-likeness (QED) is 0.740. The molecule has 7 heteroatoms. The summed E-state index contributed by atoms with van der Waals surface area (Å²) in [6, 6.07) is 4.24. The molecule has 0 N–H and O–H groups in total. The maximum absolute atomic E-state index is 12.5. The monoisotopic (exact) mass is 379 g/mol. The van der Waals surface area contributed by atoms with Crippen LogP contribution < -0.4 is 0 Å². The second kappa shape index (κ2) is 6.03. The van der Waals surface area contributed by atoms with Crippen LogP contribution in [0.25, 0.3) is 0 Å². The predicted octanol–water partition coefficient (Wildman–Crippen LogP) is 3.25. The first kappa shape index (κ1) is 15.8. The van der Waals surface area contributed by atoms with Crippen molar-refractivity contribution in [1.29, 1.82) is 0 Å². The summed E-state index contributed by atoms with van der Waals surface area (Å²) in [7, 11) is 1.49. The van der Waals surface area contributed by atoms with Crippen LogP contribution in [0.1, 0.15) is 30.1 Å². The van der Waals surface area contributed by atoms with Crippen molar-refractivity contribution in [2.75, 3.05) is 13.1 Å². The second-order valence-electron chi connectivity index (χ2n) is 5.05. The Hall–Kier alpha value is -0.590. The average molecular weight is 381 g/mol. The molecule has 2 rings (SSSR count). The Labute approximate surface area is 131 Å². The number of rotatable bonds is 2. The summed E-state index contributed by atoms with van der Waals surface area (Å²) < 4.78 is 23.3. The van der Waals surface area contributed by atoms with Crippen molar-refractivity contribution in [2.24, 2.45) is 5.92 Å². The van der Waals surface area contributed by atoms with E-state index >= 15 is 0 Å². The Morgan fingerprint density at radius 2 is 1.95 bits per heavy atom. The first-order valence-corrected chi connectivity index (χ1v) is 9.43. The topological polar surface area (TPSA) is 54.5 Å². The lowest BCUT2D eigenvalue weighted by molar-refractivity contribution is 0.0696. The van der Waals surface area contributed by atoms with Crippen LogP contribution in [0.2, 0.25) is 0 Å². The van der Waals surface area contributed by atoms with Crippen molar-refractivity contribution in [3.63, 3.8) is 0 Å². The summed E-state index contributed by atoms with van der Waals surface area (Å²) in [4.78, 5) is 14.2. The molecule has 0 spiro atoms. The number of benzene rings is 1. The first-order chi connectivity index (χ1) is 9.29. The minimum Gasteiger partial charge on any atom is -0.339 e. The molecule has 4 nitrogen and oxygen atoms in total. The van der Waals surface area contributed by atoms with Crippen LogP contribution in [-0.2, 0) is 9.05 Å². The van der Waals surface area contributed by atoms with E-state index in [0.717, 1.165) is 12.8 Å². The molecule has 0 aromatic heterocycles. The fourth-order valence-corrected chi connectivity index (χ4v) is 3.40. The highest BCUT2D eigenvalue weighted by Crippen LogP contribution is 2.26. The standard InChI is InChI=1S/C13H15BrClNO3S/c1-9-4-6-16(7-5-9)13(17)11-8-10(20(15,18)19)2-3-12(11)14/h2-3,8-9H,4-7H2,1H3. The number of likely N-dealkylation sites (tertiary alicyclic amines) is 1. The normalized spacial score (nSPS) is 17.2. The lowest BCUT2D eigenvalue weighted by Gasteiger charge is -2.30. The second-order valence-corrected chi connectivity index (χ2v) is 8.47. The summed E-state index contributed by atoms with van der Waals surface area (Å²) in [6.45, 7) is 3.56. The van der Waals surface area contributed by atoms with Gasteiger partial charge in [-0.25, -0.2) is 8.42 Å². The van der Waals surface area contributed by atoms with E-state index in [1.807, 2.05) is 0 Å². The number of carbonyl (C=O) groups is 1. The van der Waals surface area contributed by atoms with E-state index in [1.165, 1.54) is 18.2 Å². The maximum atomic E-state index is 12.5. The molecule has 0 radical (unpaired) electrons.